The SMILES string of the molecule is CC(C)c1ccc2c3c(cccc13)C(=O)N(C1CCC(=O)NC1=O)C2=O. The maximum Gasteiger partial charge on any atom is 0.262 e. The summed E-state index contributed by atoms with van der Waals surface area (Å²) in [5.41, 5.74) is 1.91. The van der Waals surface area contributed by atoms with E-state index < -0.39 is 23.8 Å². The molecule has 2 aliphatic rings. The number of nitrogens with zero attached hydrogens (tertiary/aromatic N) is 1. The van der Waals surface area contributed by atoms with Gasteiger partial charge in [-0.15, -0.1) is 0 Å². The van der Waals surface area contributed by atoms with Gasteiger partial charge in [-0.1, -0.05) is 32.0 Å². The van der Waals surface area contributed by atoms with E-state index in [9.17, 15) is 19.2 Å². The molecular formula is C20H18N2O4. The predicted octanol–water partition coefficient (Wildman–Crippen LogP) is 2.36. The molecule has 1 fully saturated rings. The maximum atomic E-state index is 13.1. The summed E-state index contributed by atoms with van der Waals surface area (Å²) in [7, 11) is 0. The molecule has 6 heteroatoms. The van der Waals surface area contributed by atoms with Crippen LogP contribution in [0.15, 0.2) is 30.3 Å². The monoisotopic (exact) mass is 350 g/mol. The molecule has 0 bridgehead atoms. The molecule has 6 nitrogen and oxygen atoms in total. The summed E-state index contributed by atoms with van der Waals surface area (Å²) in [6, 6.07) is 8.07. The van der Waals surface area contributed by atoms with Crippen LogP contribution in [0.25, 0.3) is 10.8 Å². The highest BCUT2D eigenvalue weighted by Crippen LogP contribution is 2.36. The highest BCUT2D eigenvalue weighted by atomic mass is 16.2. The molecule has 1 atom stereocenters. The van der Waals surface area contributed by atoms with Crippen molar-refractivity contribution in [2.24, 2.45) is 0 Å². The Balaban J connectivity index is 1.88. The third-order valence-electron chi connectivity index (χ3n) is 5.12. The number of piperidine rings is 1. The molecule has 1 N–H and O–H groups in total. The van der Waals surface area contributed by atoms with Crippen LogP contribution in [0.3, 0.4) is 0 Å². The van der Waals surface area contributed by atoms with Crippen LogP contribution in [-0.4, -0.2) is 34.6 Å². The van der Waals surface area contributed by atoms with Gasteiger partial charge in [0.15, 0.2) is 0 Å². The number of carbonyl (C=O) groups is 4. The second kappa shape index (κ2) is 5.76. The molecule has 0 saturated carbocycles. The highest BCUT2D eigenvalue weighted by Gasteiger charge is 2.42. The van der Waals surface area contributed by atoms with Crippen molar-refractivity contribution in [3.63, 3.8) is 0 Å². The second-order valence-corrected chi connectivity index (χ2v) is 7.03. The van der Waals surface area contributed by atoms with Crippen LogP contribution in [-0.2, 0) is 9.59 Å². The van der Waals surface area contributed by atoms with Gasteiger partial charge in [0, 0.05) is 22.9 Å². The van der Waals surface area contributed by atoms with Crippen LogP contribution in [0, 0.1) is 0 Å². The zero-order valence-electron chi connectivity index (χ0n) is 14.5. The number of rotatable bonds is 2. The molecule has 4 amide bonds. The normalized spacial score (nSPS) is 20.1. The third-order valence-corrected chi connectivity index (χ3v) is 5.12. The van der Waals surface area contributed by atoms with Crippen molar-refractivity contribution in [2.45, 2.75) is 38.6 Å². The molecule has 2 heterocycles. The Bertz CT molecular complexity index is 970. The number of carbonyl (C=O) groups excluding carboxylic acids is 4. The fourth-order valence-electron chi connectivity index (χ4n) is 3.85. The largest absolute Gasteiger partial charge is 0.295 e. The van der Waals surface area contributed by atoms with Crippen LogP contribution in [0.4, 0.5) is 0 Å². The van der Waals surface area contributed by atoms with Gasteiger partial charge in [0.05, 0.1) is 0 Å². The van der Waals surface area contributed by atoms with Gasteiger partial charge in [-0.25, -0.2) is 0 Å². The predicted molar refractivity (Wildman–Crippen MR) is 94.7 cm³/mol. The summed E-state index contributed by atoms with van der Waals surface area (Å²) >= 11 is 0. The third kappa shape index (κ3) is 2.25. The molecular weight excluding hydrogens is 332 g/mol. The van der Waals surface area contributed by atoms with Gasteiger partial charge in [-0.3, -0.25) is 29.4 Å². The molecule has 2 aromatic rings. The molecule has 4 rings (SSSR count). The van der Waals surface area contributed by atoms with Gasteiger partial charge < -0.3 is 0 Å². The molecule has 1 unspecified atom stereocenters. The Hall–Kier alpha value is -3.02. The van der Waals surface area contributed by atoms with E-state index in [2.05, 4.69) is 19.2 Å². The number of nitrogens with one attached hydrogen (secondary N) is 1. The van der Waals surface area contributed by atoms with E-state index in [-0.39, 0.29) is 24.7 Å². The number of hydrogen-bond donors (Lipinski definition) is 1. The molecule has 0 radical (unpaired) electrons. The number of imide groups is 2. The first-order valence-corrected chi connectivity index (χ1v) is 8.67. The van der Waals surface area contributed by atoms with Crippen LogP contribution >= 0.6 is 0 Å². The van der Waals surface area contributed by atoms with Crippen molar-refractivity contribution in [1.82, 2.24) is 10.2 Å². The summed E-state index contributed by atoms with van der Waals surface area (Å²) in [4.78, 5) is 50.7. The Morgan fingerprint density at radius 3 is 2.35 bits per heavy atom. The summed E-state index contributed by atoms with van der Waals surface area (Å²) < 4.78 is 0. The Kier molecular flexibility index (Phi) is 3.64. The summed E-state index contributed by atoms with van der Waals surface area (Å²) in [5, 5.41) is 3.76. The number of amides is 4. The first-order chi connectivity index (χ1) is 12.4. The molecule has 132 valence electrons. The number of hydrogen-bond acceptors (Lipinski definition) is 4. The minimum atomic E-state index is -0.958. The van der Waals surface area contributed by atoms with Crippen molar-refractivity contribution in [2.75, 3.05) is 0 Å². The molecule has 0 aromatic heterocycles. The second-order valence-electron chi connectivity index (χ2n) is 7.03. The Morgan fingerprint density at radius 1 is 1.00 bits per heavy atom. The first-order valence-electron chi connectivity index (χ1n) is 8.67. The van der Waals surface area contributed by atoms with E-state index in [0.717, 1.165) is 15.8 Å². The fourth-order valence-corrected chi connectivity index (χ4v) is 3.85. The smallest absolute Gasteiger partial charge is 0.262 e. The van der Waals surface area contributed by atoms with E-state index in [4.69, 9.17) is 0 Å². The van der Waals surface area contributed by atoms with E-state index >= 15 is 0 Å². The number of benzene rings is 2. The van der Waals surface area contributed by atoms with Gasteiger partial charge >= 0.3 is 0 Å². The van der Waals surface area contributed by atoms with Crippen molar-refractivity contribution in [3.05, 3.63) is 47.0 Å². The minimum absolute atomic E-state index is 0.108. The topological polar surface area (TPSA) is 83.6 Å². The highest BCUT2D eigenvalue weighted by molar-refractivity contribution is 6.27. The lowest BCUT2D eigenvalue weighted by Gasteiger charge is -2.34. The van der Waals surface area contributed by atoms with E-state index in [1.54, 1.807) is 18.2 Å². The maximum absolute atomic E-state index is 13.1. The molecule has 0 aliphatic carbocycles. The molecule has 26 heavy (non-hydrogen) atoms. The first kappa shape index (κ1) is 16.4. The average Bonchev–Trinajstić information content (AvgIpc) is 2.60. The van der Waals surface area contributed by atoms with Gasteiger partial charge in [-0.2, -0.15) is 0 Å². The minimum Gasteiger partial charge on any atom is -0.295 e. The summed E-state index contributed by atoms with van der Waals surface area (Å²) in [5.74, 6) is -1.70. The Morgan fingerprint density at radius 2 is 1.69 bits per heavy atom. The van der Waals surface area contributed by atoms with Gasteiger partial charge in [-0.05, 0) is 35.4 Å². The Labute approximate surface area is 150 Å². The molecule has 1 saturated heterocycles. The van der Waals surface area contributed by atoms with Crippen molar-refractivity contribution in [1.29, 1.82) is 0 Å². The zero-order valence-corrected chi connectivity index (χ0v) is 14.5. The van der Waals surface area contributed by atoms with Crippen LogP contribution in [0.2, 0.25) is 0 Å². The van der Waals surface area contributed by atoms with E-state index in [0.29, 0.717) is 16.5 Å². The fraction of sp³-hybridized carbons (Fsp3) is 0.300. The molecule has 2 aliphatic heterocycles. The standard InChI is InChI=1S/C20H18N2O4/c1-10(2)11-6-7-14-17-12(11)4-3-5-13(17)19(25)22(20(14)26)15-8-9-16(23)21-18(15)24/h3-7,10,15H,8-9H2,1-2H3,(H,21,23,24). The quantitative estimate of drug-likeness (QED) is 0.843. The lowest BCUT2D eigenvalue weighted by molar-refractivity contribution is -0.136. The molecule has 0 spiro atoms. The van der Waals surface area contributed by atoms with Crippen molar-refractivity contribution in [3.8, 4) is 0 Å². The van der Waals surface area contributed by atoms with Crippen LogP contribution in [0.1, 0.15) is 58.9 Å². The van der Waals surface area contributed by atoms with Crippen LogP contribution in [0.5, 0.6) is 0 Å². The summed E-state index contributed by atoms with van der Waals surface area (Å²) in [6.07, 6.45) is 0.258. The van der Waals surface area contributed by atoms with E-state index in [1.807, 2.05) is 12.1 Å². The summed E-state index contributed by atoms with van der Waals surface area (Å²) in [6.45, 7) is 4.12. The van der Waals surface area contributed by atoms with Crippen molar-refractivity contribution >= 4 is 34.4 Å². The lowest BCUT2D eigenvalue weighted by Crippen LogP contribution is -2.57. The average molecular weight is 350 g/mol. The van der Waals surface area contributed by atoms with Gasteiger partial charge in [0.1, 0.15) is 6.04 Å². The van der Waals surface area contributed by atoms with Gasteiger partial charge in [0.25, 0.3) is 11.8 Å². The van der Waals surface area contributed by atoms with E-state index in [1.165, 1.54) is 0 Å². The van der Waals surface area contributed by atoms with Crippen LogP contribution < -0.4 is 5.32 Å². The zero-order chi connectivity index (χ0) is 18.6. The van der Waals surface area contributed by atoms with Crippen molar-refractivity contribution < 1.29 is 19.2 Å². The lowest BCUT2D eigenvalue weighted by atomic mass is 9.87. The van der Waals surface area contributed by atoms with Gasteiger partial charge in [0.2, 0.25) is 11.8 Å². The molecule has 2 aromatic carbocycles.